The Hall–Kier alpha value is -1.84. The number of aryl methyl sites for hydroxylation is 1. The molecule has 0 fully saturated rings. The van der Waals surface area contributed by atoms with E-state index in [1.165, 1.54) is 0 Å². The number of H-pyrrole nitrogens is 2. The van der Waals surface area contributed by atoms with Crippen LogP contribution in [0, 0.1) is 6.92 Å². The Bertz CT molecular complexity index is 566. The van der Waals surface area contributed by atoms with Crippen molar-refractivity contribution < 1.29 is 0 Å². The molecule has 2 aromatic rings. The summed E-state index contributed by atoms with van der Waals surface area (Å²) in [4.78, 5) is 22.3. The van der Waals surface area contributed by atoms with Crippen molar-refractivity contribution >= 4 is 10.9 Å². The van der Waals surface area contributed by atoms with Gasteiger partial charge in [-0.2, -0.15) is 0 Å². The van der Waals surface area contributed by atoms with E-state index < -0.39 is 11.0 Å². The monoisotopic (exact) mass is 176 g/mol. The van der Waals surface area contributed by atoms with Crippen molar-refractivity contribution in [3.8, 4) is 0 Å². The molecule has 13 heavy (non-hydrogen) atoms. The van der Waals surface area contributed by atoms with Crippen molar-refractivity contribution in [3.63, 3.8) is 0 Å². The van der Waals surface area contributed by atoms with E-state index in [0.717, 1.165) is 5.56 Å². The van der Waals surface area contributed by atoms with Crippen molar-refractivity contribution in [3.05, 3.63) is 44.3 Å². The third kappa shape index (κ3) is 1.16. The predicted molar refractivity (Wildman–Crippen MR) is 49.9 cm³/mol. The van der Waals surface area contributed by atoms with E-state index in [1.807, 2.05) is 13.0 Å². The Labute approximate surface area is 73.2 Å². The summed E-state index contributed by atoms with van der Waals surface area (Å²) < 4.78 is 0. The van der Waals surface area contributed by atoms with Crippen molar-refractivity contribution in [2.45, 2.75) is 6.92 Å². The molecule has 1 aromatic carbocycles. The fourth-order valence-electron chi connectivity index (χ4n) is 1.26. The minimum atomic E-state index is -0.613. The van der Waals surface area contributed by atoms with Crippen LogP contribution in [-0.4, -0.2) is 10.2 Å². The van der Waals surface area contributed by atoms with Gasteiger partial charge in [0, 0.05) is 0 Å². The summed E-state index contributed by atoms with van der Waals surface area (Å²) in [6.45, 7) is 1.88. The molecule has 1 aromatic heterocycles. The molecule has 2 rings (SSSR count). The normalized spacial score (nSPS) is 10.5. The van der Waals surface area contributed by atoms with Crippen LogP contribution in [0.2, 0.25) is 0 Å². The van der Waals surface area contributed by atoms with Crippen LogP contribution < -0.4 is 11.0 Å². The van der Waals surface area contributed by atoms with Gasteiger partial charge in [0.2, 0.25) is 0 Å². The third-order valence-corrected chi connectivity index (χ3v) is 1.94. The van der Waals surface area contributed by atoms with Crippen molar-refractivity contribution in [2.24, 2.45) is 0 Å². The zero-order valence-corrected chi connectivity index (χ0v) is 7.05. The Morgan fingerprint density at radius 2 is 1.92 bits per heavy atom. The molecule has 66 valence electrons. The van der Waals surface area contributed by atoms with Crippen LogP contribution in [0.1, 0.15) is 5.56 Å². The lowest BCUT2D eigenvalue weighted by Crippen LogP contribution is -2.27. The highest BCUT2D eigenvalue weighted by atomic mass is 16.2. The largest absolute Gasteiger partial charge is 0.310 e. The molecule has 4 heteroatoms. The SMILES string of the molecule is Cc1ccc2[nH][nH]c(=O)c(=O)c2c1. The molecular weight excluding hydrogens is 168 g/mol. The summed E-state index contributed by atoms with van der Waals surface area (Å²) in [6, 6.07) is 5.34. The Kier molecular flexibility index (Phi) is 1.55. The van der Waals surface area contributed by atoms with Gasteiger partial charge in [-0.05, 0) is 19.1 Å². The molecule has 0 radical (unpaired) electrons. The molecule has 1 heterocycles. The summed E-state index contributed by atoms with van der Waals surface area (Å²) in [5, 5.41) is 5.35. The van der Waals surface area contributed by atoms with Gasteiger partial charge in [0.1, 0.15) is 0 Å². The highest BCUT2D eigenvalue weighted by molar-refractivity contribution is 5.78. The third-order valence-electron chi connectivity index (χ3n) is 1.94. The fraction of sp³-hybridized carbons (Fsp3) is 0.111. The average Bonchev–Trinajstić information content (AvgIpc) is 2.12. The highest BCUT2D eigenvalue weighted by Crippen LogP contribution is 2.06. The molecule has 0 bridgehead atoms. The lowest BCUT2D eigenvalue weighted by molar-refractivity contribution is 1.01. The molecule has 2 N–H and O–H groups in total. The number of fused-ring (bicyclic) bond motifs is 1. The number of rotatable bonds is 0. The zero-order valence-electron chi connectivity index (χ0n) is 7.05. The predicted octanol–water partition coefficient (Wildman–Crippen LogP) is 0.525. The highest BCUT2D eigenvalue weighted by Gasteiger charge is 2.01. The molecule has 0 saturated heterocycles. The van der Waals surface area contributed by atoms with Crippen LogP contribution in [0.3, 0.4) is 0 Å². The molecule has 0 spiro atoms. The van der Waals surface area contributed by atoms with E-state index in [4.69, 9.17) is 0 Å². The van der Waals surface area contributed by atoms with E-state index in [-0.39, 0.29) is 0 Å². The fourth-order valence-corrected chi connectivity index (χ4v) is 1.26. The standard InChI is InChI=1S/C9H8N2O2/c1-5-2-3-7-6(4-5)8(12)9(13)11-10-7/h2-4H,1H3,(H,10,12)(H,11,13). The molecule has 0 aliphatic carbocycles. The van der Waals surface area contributed by atoms with E-state index >= 15 is 0 Å². The molecule has 0 unspecified atom stereocenters. The van der Waals surface area contributed by atoms with Crippen LogP contribution in [0.15, 0.2) is 27.8 Å². The summed E-state index contributed by atoms with van der Waals surface area (Å²) in [6.07, 6.45) is 0. The number of aromatic nitrogens is 2. The topological polar surface area (TPSA) is 65.7 Å². The van der Waals surface area contributed by atoms with Crippen LogP contribution in [0.4, 0.5) is 0 Å². The lowest BCUT2D eigenvalue weighted by Gasteiger charge is -1.96. The molecule has 0 saturated carbocycles. The number of hydrogen-bond donors (Lipinski definition) is 2. The lowest BCUT2D eigenvalue weighted by atomic mass is 10.1. The number of hydrogen-bond acceptors (Lipinski definition) is 2. The van der Waals surface area contributed by atoms with Gasteiger partial charge in [0.25, 0.3) is 5.43 Å². The number of nitrogens with one attached hydrogen (secondary N) is 2. The summed E-state index contributed by atoms with van der Waals surface area (Å²) >= 11 is 0. The number of aromatic amines is 2. The Balaban J connectivity index is 3.06. The van der Waals surface area contributed by atoms with E-state index in [1.54, 1.807) is 12.1 Å². The van der Waals surface area contributed by atoms with Gasteiger partial charge in [-0.3, -0.25) is 19.8 Å². The maximum atomic E-state index is 11.3. The quantitative estimate of drug-likeness (QED) is 0.575. The van der Waals surface area contributed by atoms with Crippen molar-refractivity contribution in [2.75, 3.05) is 0 Å². The second-order valence-electron chi connectivity index (χ2n) is 2.96. The molecule has 0 amide bonds. The first kappa shape index (κ1) is 7.79. The molecule has 0 aliphatic heterocycles. The van der Waals surface area contributed by atoms with Crippen molar-refractivity contribution in [1.29, 1.82) is 0 Å². The van der Waals surface area contributed by atoms with E-state index in [0.29, 0.717) is 10.9 Å². The molecule has 0 aliphatic rings. The Morgan fingerprint density at radius 1 is 1.15 bits per heavy atom. The van der Waals surface area contributed by atoms with Crippen LogP contribution in [-0.2, 0) is 0 Å². The van der Waals surface area contributed by atoms with Gasteiger partial charge < -0.3 is 0 Å². The second-order valence-corrected chi connectivity index (χ2v) is 2.96. The van der Waals surface area contributed by atoms with Gasteiger partial charge in [0.05, 0.1) is 10.9 Å². The van der Waals surface area contributed by atoms with E-state index in [2.05, 4.69) is 10.2 Å². The summed E-state index contributed by atoms with van der Waals surface area (Å²) in [7, 11) is 0. The first-order valence-electron chi connectivity index (χ1n) is 3.90. The van der Waals surface area contributed by atoms with Gasteiger partial charge in [-0.1, -0.05) is 11.6 Å². The zero-order chi connectivity index (χ0) is 9.42. The molecule has 4 nitrogen and oxygen atoms in total. The maximum absolute atomic E-state index is 11.3. The van der Waals surface area contributed by atoms with Gasteiger partial charge >= 0.3 is 5.56 Å². The summed E-state index contributed by atoms with van der Waals surface area (Å²) in [5.74, 6) is 0. The van der Waals surface area contributed by atoms with Gasteiger partial charge in [-0.25, -0.2) is 0 Å². The summed E-state index contributed by atoms with van der Waals surface area (Å²) in [5.41, 5.74) is 0.509. The number of benzene rings is 1. The van der Waals surface area contributed by atoms with Gasteiger partial charge in [-0.15, -0.1) is 0 Å². The second kappa shape index (κ2) is 2.58. The molecule has 0 atom stereocenters. The van der Waals surface area contributed by atoms with Gasteiger partial charge in [0.15, 0.2) is 0 Å². The average molecular weight is 176 g/mol. The van der Waals surface area contributed by atoms with Crippen LogP contribution in [0.25, 0.3) is 10.9 Å². The van der Waals surface area contributed by atoms with Crippen molar-refractivity contribution in [1.82, 2.24) is 10.2 Å². The molecular formula is C9H8N2O2. The first-order valence-corrected chi connectivity index (χ1v) is 3.90. The van der Waals surface area contributed by atoms with Crippen LogP contribution in [0.5, 0.6) is 0 Å². The first-order chi connectivity index (χ1) is 6.18. The smallest absolute Gasteiger partial charge is 0.297 e. The van der Waals surface area contributed by atoms with Crippen LogP contribution >= 0.6 is 0 Å². The Morgan fingerprint density at radius 3 is 2.69 bits per heavy atom. The van der Waals surface area contributed by atoms with E-state index in [9.17, 15) is 9.59 Å². The maximum Gasteiger partial charge on any atom is 0.310 e. The minimum Gasteiger partial charge on any atom is -0.297 e. The minimum absolute atomic E-state index is 0.434.